The van der Waals surface area contributed by atoms with E-state index in [2.05, 4.69) is 25.3 Å². The second-order valence-corrected chi connectivity index (χ2v) is 6.02. The Morgan fingerprint density at radius 2 is 1.62 bits per heavy atom. The highest BCUT2D eigenvalue weighted by molar-refractivity contribution is 5.96. The average Bonchev–Trinajstić information content (AvgIpc) is 2.54. The van der Waals surface area contributed by atoms with Gasteiger partial charge in [0.05, 0.1) is 34.8 Å². The van der Waals surface area contributed by atoms with Gasteiger partial charge in [0.25, 0.3) is 0 Å². The van der Waals surface area contributed by atoms with Crippen LogP contribution in [0.5, 0.6) is 5.75 Å². The van der Waals surface area contributed by atoms with Gasteiger partial charge >= 0.3 is 0 Å². The van der Waals surface area contributed by atoms with Crippen molar-refractivity contribution in [2.75, 3.05) is 11.9 Å². The topological polar surface area (TPSA) is 89.9 Å². The van der Waals surface area contributed by atoms with E-state index < -0.39 is 0 Å². The van der Waals surface area contributed by atoms with Gasteiger partial charge in [0, 0.05) is 5.39 Å². The molecule has 0 saturated carbocycles. The SMILES string of the molecule is CCOc1ccc2nc(Nc3nc(C)c(C(C)=O)c(C)n3)nc(C)c2c1. The fourth-order valence-corrected chi connectivity index (χ4v) is 2.95. The molecule has 0 unspecified atom stereocenters. The summed E-state index contributed by atoms with van der Waals surface area (Å²) in [5.74, 6) is 1.53. The first-order valence-electron chi connectivity index (χ1n) is 8.43. The molecule has 3 rings (SSSR count). The lowest BCUT2D eigenvalue weighted by Gasteiger charge is -2.11. The van der Waals surface area contributed by atoms with Crippen LogP contribution in [0.3, 0.4) is 0 Å². The molecule has 2 aromatic heterocycles. The number of carbonyl (C=O) groups is 1. The number of benzene rings is 1. The Labute approximate surface area is 151 Å². The predicted octanol–water partition coefficient (Wildman–Crippen LogP) is 3.69. The van der Waals surface area contributed by atoms with Crippen LogP contribution < -0.4 is 10.1 Å². The van der Waals surface area contributed by atoms with Crippen molar-refractivity contribution in [2.45, 2.75) is 34.6 Å². The number of aryl methyl sites for hydroxylation is 3. The highest BCUT2D eigenvalue weighted by Gasteiger charge is 2.14. The molecule has 0 aliphatic rings. The van der Waals surface area contributed by atoms with Gasteiger partial charge in [-0.05, 0) is 52.8 Å². The Hall–Kier alpha value is -3.09. The maximum absolute atomic E-state index is 11.7. The summed E-state index contributed by atoms with van der Waals surface area (Å²) in [6.07, 6.45) is 0. The molecule has 0 bridgehead atoms. The molecule has 2 heterocycles. The highest BCUT2D eigenvalue weighted by Crippen LogP contribution is 2.24. The Balaban J connectivity index is 1.97. The first kappa shape index (κ1) is 17.7. The fourth-order valence-electron chi connectivity index (χ4n) is 2.95. The van der Waals surface area contributed by atoms with E-state index in [1.54, 1.807) is 13.8 Å². The number of anilines is 2. The standard InChI is InChI=1S/C19H21N5O2/c1-6-26-14-7-8-16-15(9-14)10(2)20-19(23-16)24-18-21-11(3)17(13(5)25)12(4)22-18/h7-9H,6H2,1-5H3,(H,20,21,22,23,24). The summed E-state index contributed by atoms with van der Waals surface area (Å²) >= 11 is 0. The molecule has 0 radical (unpaired) electrons. The second kappa shape index (κ2) is 7.03. The normalized spacial score (nSPS) is 10.8. The lowest BCUT2D eigenvalue weighted by Crippen LogP contribution is -2.09. The number of Topliss-reactive ketones (excluding diaryl/α,β-unsaturated/α-hetero) is 1. The van der Waals surface area contributed by atoms with Gasteiger partial charge in [-0.3, -0.25) is 10.1 Å². The largest absolute Gasteiger partial charge is 0.494 e. The first-order chi connectivity index (χ1) is 12.4. The van der Waals surface area contributed by atoms with Gasteiger partial charge in [-0.2, -0.15) is 0 Å². The van der Waals surface area contributed by atoms with E-state index in [1.165, 1.54) is 6.92 Å². The van der Waals surface area contributed by atoms with Gasteiger partial charge in [-0.25, -0.2) is 19.9 Å². The van der Waals surface area contributed by atoms with E-state index >= 15 is 0 Å². The Kier molecular flexibility index (Phi) is 4.79. The average molecular weight is 351 g/mol. The minimum Gasteiger partial charge on any atom is -0.494 e. The molecule has 7 nitrogen and oxygen atoms in total. The quantitative estimate of drug-likeness (QED) is 0.701. The predicted molar refractivity (Wildman–Crippen MR) is 100 cm³/mol. The van der Waals surface area contributed by atoms with Gasteiger partial charge in [0.15, 0.2) is 5.78 Å². The molecule has 0 aliphatic carbocycles. The molecule has 0 saturated heterocycles. The van der Waals surface area contributed by atoms with E-state index in [0.717, 1.165) is 22.3 Å². The number of fused-ring (bicyclic) bond motifs is 1. The third-order valence-electron chi connectivity index (χ3n) is 4.02. The van der Waals surface area contributed by atoms with Crippen molar-refractivity contribution < 1.29 is 9.53 Å². The maximum Gasteiger partial charge on any atom is 0.230 e. The van der Waals surface area contributed by atoms with E-state index in [0.29, 0.717) is 35.5 Å². The summed E-state index contributed by atoms with van der Waals surface area (Å²) in [5, 5.41) is 3.97. The molecule has 26 heavy (non-hydrogen) atoms. The number of nitrogens with one attached hydrogen (secondary N) is 1. The molecule has 0 spiro atoms. The van der Waals surface area contributed by atoms with E-state index in [9.17, 15) is 4.79 Å². The Morgan fingerprint density at radius 3 is 2.23 bits per heavy atom. The summed E-state index contributed by atoms with van der Waals surface area (Å²) in [7, 11) is 0. The summed E-state index contributed by atoms with van der Waals surface area (Å²) in [5.41, 5.74) is 3.44. The van der Waals surface area contributed by atoms with E-state index in [4.69, 9.17) is 4.74 Å². The number of hydrogen-bond donors (Lipinski definition) is 1. The highest BCUT2D eigenvalue weighted by atomic mass is 16.5. The van der Waals surface area contributed by atoms with Gasteiger partial charge in [-0.1, -0.05) is 0 Å². The van der Waals surface area contributed by atoms with Crippen LogP contribution in [0.2, 0.25) is 0 Å². The van der Waals surface area contributed by atoms with Crippen molar-refractivity contribution in [3.8, 4) is 5.75 Å². The van der Waals surface area contributed by atoms with Crippen LogP contribution in [-0.4, -0.2) is 32.3 Å². The van der Waals surface area contributed by atoms with Crippen molar-refractivity contribution in [3.63, 3.8) is 0 Å². The van der Waals surface area contributed by atoms with Crippen molar-refractivity contribution in [1.82, 2.24) is 19.9 Å². The summed E-state index contributed by atoms with van der Waals surface area (Å²) < 4.78 is 5.53. The zero-order valence-corrected chi connectivity index (χ0v) is 15.5. The number of rotatable bonds is 5. The third kappa shape index (κ3) is 3.46. The Morgan fingerprint density at radius 1 is 1.00 bits per heavy atom. The molecular weight excluding hydrogens is 330 g/mol. The zero-order valence-electron chi connectivity index (χ0n) is 15.5. The molecule has 1 aromatic carbocycles. The van der Waals surface area contributed by atoms with Crippen LogP contribution in [0, 0.1) is 20.8 Å². The van der Waals surface area contributed by atoms with Crippen LogP contribution >= 0.6 is 0 Å². The third-order valence-corrected chi connectivity index (χ3v) is 4.02. The Bertz CT molecular complexity index is 978. The molecular formula is C19H21N5O2. The monoisotopic (exact) mass is 351 g/mol. The van der Waals surface area contributed by atoms with Crippen LogP contribution in [0.15, 0.2) is 18.2 Å². The van der Waals surface area contributed by atoms with Gasteiger partial charge in [0.1, 0.15) is 5.75 Å². The minimum atomic E-state index is -0.0468. The van der Waals surface area contributed by atoms with Crippen molar-refractivity contribution in [1.29, 1.82) is 0 Å². The fraction of sp³-hybridized carbons (Fsp3) is 0.316. The van der Waals surface area contributed by atoms with Crippen LogP contribution in [0.25, 0.3) is 10.9 Å². The summed E-state index contributed by atoms with van der Waals surface area (Å²) in [4.78, 5) is 29.4. The van der Waals surface area contributed by atoms with Crippen molar-refractivity contribution in [2.24, 2.45) is 0 Å². The molecule has 0 atom stereocenters. The zero-order chi connectivity index (χ0) is 18.8. The number of ketones is 1. The first-order valence-corrected chi connectivity index (χ1v) is 8.43. The van der Waals surface area contributed by atoms with Crippen molar-refractivity contribution >= 4 is 28.6 Å². The van der Waals surface area contributed by atoms with E-state index in [1.807, 2.05) is 32.0 Å². The summed E-state index contributed by atoms with van der Waals surface area (Å²) in [6.45, 7) is 9.56. The van der Waals surface area contributed by atoms with Crippen LogP contribution in [0.1, 0.15) is 41.3 Å². The maximum atomic E-state index is 11.7. The minimum absolute atomic E-state index is 0.0468. The van der Waals surface area contributed by atoms with Gasteiger partial charge in [0.2, 0.25) is 11.9 Å². The van der Waals surface area contributed by atoms with Gasteiger partial charge < -0.3 is 4.74 Å². The van der Waals surface area contributed by atoms with Gasteiger partial charge in [-0.15, -0.1) is 0 Å². The van der Waals surface area contributed by atoms with Crippen molar-refractivity contribution in [3.05, 3.63) is 40.8 Å². The van der Waals surface area contributed by atoms with Crippen LogP contribution in [0.4, 0.5) is 11.9 Å². The number of nitrogens with zero attached hydrogens (tertiary/aromatic N) is 4. The second-order valence-electron chi connectivity index (χ2n) is 6.02. The smallest absolute Gasteiger partial charge is 0.230 e. The lowest BCUT2D eigenvalue weighted by molar-refractivity contribution is 0.101. The molecule has 0 amide bonds. The summed E-state index contributed by atoms with van der Waals surface area (Å²) in [6, 6.07) is 5.72. The molecule has 3 aromatic rings. The van der Waals surface area contributed by atoms with Crippen LogP contribution in [-0.2, 0) is 0 Å². The molecule has 0 aliphatic heterocycles. The lowest BCUT2D eigenvalue weighted by atomic mass is 10.1. The number of carbonyl (C=O) groups excluding carboxylic acids is 1. The number of aromatic nitrogens is 4. The van der Waals surface area contributed by atoms with E-state index in [-0.39, 0.29) is 5.78 Å². The molecule has 0 fully saturated rings. The molecule has 1 N–H and O–H groups in total. The molecule has 7 heteroatoms. The molecule has 134 valence electrons. The number of ether oxygens (including phenoxy) is 1. The number of hydrogen-bond acceptors (Lipinski definition) is 7.